The van der Waals surface area contributed by atoms with E-state index >= 15 is 0 Å². The van der Waals surface area contributed by atoms with Crippen LogP contribution in [-0.4, -0.2) is 76.0 Å². The molecule has 0 amide bonds. The predicted molar refractivity (Wildman–Crippen MR) is 145 cm³/mol. The van der Waals surface area contributed by atoms with E-state index in [1.807, 2.05) is 0 Å². The van der Waals surface area contributed by atoms with E-state index < -0.39 is 50.1 Å². The first-order valence-corrected chi connectivity index (χ1v) is 14.2. The van der Waals surface area contributed by atoms with Gasteiger partial charge >= 0.3 is 18.1 Å². The van der Waals surface area contributed by atoms with Crippen LogP contribution in [0.3, 0.4) is 0 Å². The Balaban J connectivity index is 1.54. The van der Waals surface area contributed by atoms with Crippen LogP contribution in [0, 0.1) is 0 Å². The molecule has 0 atom stereocenters. The number of esters is 2. The number of benzene rings is 3. The van der Waals surface area contributed by atoms with Gasteiger partial charge in [-0.3, -0.25) is 9.62 Å². The maximum absolute atomic E-state index is 13.2. The van der Waals surface area contributed by atoms with Crippen LogP contribution in [0.4, 0.5) is 18.9 Å². The number of halogens is 3. The summed E-state index contributed by atoms with van der Waals surface area (Å²) < 4.78 is 82.2. The normalized spacial score (nSPS) is 14.3. The van der Waals surface area contributed by atoms with Gasteiger partial charge in [-0.2, -0.15) is 13.2 Å². The van der Waals surface area contributed by atoms with Crippen molar-refractivity contribution in [3.63, 3.8) is 0 Å². The third-order valence-electron chi connectivity index (χ3n) is 6.22. The second-order valence-electron chi connectivity index (χ2n) is 9.17. The third-order valence-corrected chi connectivity index (χ3v) is 7.63. The van der Waals surface area contributed by atoms with Gasteiger partial charge in [-0.1, -0.05) is 42.5 Å². The number of alkyl halides is 3. The van der Waals surface area contributed by atoms with E-state index in [-0.39, 0.29) is 17.9 Å². The molecule has 3 aromatic rings. The Hall–Kier alpha value is -4.14. The van der Waals surface area contributed by atoms with E-state index in [2.05, 4.69) is 14.4 Å². The maximum Gasteiger partial charge on any atom is 0.491 e. The molecule has 42 heavy (non-hydrogen) atoms. The van der Waals surface area contributed by atoms with Gasteiger partial charge in [-0.15, -0.1) is 0 Å². The molecule has 0 unspecified atom stereocenters. The summed E-state index contributed by atoms with van der Waals surface area (Å²) in [5.74, 6) is -5.10. The molecule has 224 valence electrons. The number of para-hydroxylation sites is 1. The summed E-state index contributed by atoms with van der Waals surface area (Å²) in [7, 11) is -4.50. The molecule has 0 bridgehead atoms. The zero-order valence-corrected chi connectivity index (χ0v) is 22.9. The first kappa shape index (κ1) is 30.8. The molecule has 0 saturated carbocycles. The van der Waals surface area contributed by atoms with E-state index in [9.17, 15) is 36.3 Å². The van der Waals surface area contributed by atoms with Gasteiger partial charge in [0.25, 0.3) is 10.0 Å². The number of phenols is 1. The summed E-state index contributed by atoms with van der Waals surface area (Å²) in [6.07, 6.45) is -4.95. The lowest BCUT2D eigenvalue weighted by atomic mass is 10.1. The van der Waals surface area contributed by atoms with E-state index in [4.69, 9.17) is 9.47 Å². The number of nitrogens with zero attached hydrogens (tertiary/aromatic N) is 1. The van der Waals surface area contributed by atoms with Gasteiger partial charge in [0, 0.05) is 31.3 Å². The molecule has 3 aromatic carbocycles. The van der Waals surface area contributed by atoms with E-state index in [0.717, 1.165) is 37.4 Å². The highest BCUT2D eigenvalue weighted by Crippen LogP contribution is 2.36. The van der Waals surface area contributed by atoms with Crippen LogP contribution in [0.1, 0.15) is 16.8 Å². The number of carbonyl (C=O) groups is 2. The molecule has 2 N–H and O–H groups in total. The lowest BCUT2D eigenvalue weighted by Gasteiger charge is -2.26. The number of hydrogen-bond acceptors (Lipinski definition) is 9. The average molecular weight is 609 g/mol. The highest BCUT2D eigenvalue weighted by Gasteiger charge is 2.42. The number of sulfonamides is 1. The monoisotopic (exact) mass is 608 g/mol. The molecule has 4 rings (SSSR count). The lowest BCUT2D eigenvalue weighted by Crippen LogP contribution is -2.37. The van der Waals surface area contributed by atoms with Gasteiger partial charge < -0.3 is 19.3 Å². The Bertz CT molecular complexity index is 1530. The second kappa shape index (κ2) is 13.2. The summed E-state index contributed by atoms with van der Waals surface area (Å²) in [6, 6.07) is 15.4. The summed E-state index contributed by atoms with van der Waals surface area (Å²) >= 11 is 0. The molecule has 0 radical (unpaired) electrons. The molecule has 14 heteroatoms. The Morgan fingerprint density at radius 2 is 1.71 bits per heavy atom. The van der Waals surface area contributed by atoms with Gasteiger partial charge in [-0.05, 0) is 30.2 Å². The number of hydrogen-bond donors (Lipinski definition) is 2. The topological polar surface area (TPSA) is 131 Å². The van der Waals surface area contributed by atoms with Crippen LogP contribution >= 0.6 is 0 Å². The largest absolute Gasteiger partial charge is 0.506 e. The average Bonchev–Trinajstić information content (AvgIpc) is 2.95. The SMILES string of the molecule is O=C(OCCCN1CCOCC1)c1ccc(NS(=O)(=O)c2cccc(-c3ccccc3)c2O)cc1OC(=O)C(F)(F)F. The standard InChI is InChI=1S/C28H27F3N2O8S/c29-28(30,31)27(36)41-23-18-20(10-11-22(23)26(35)40-15-5-12-33-13-16-39-17-14-33)32-42(37,38)24-9-4-8-21(25(24)34)19-6-2-1-3-7-19/h1-4,6-11,18,32,34H,5,12-17H2. The summed E-state index contributed by atoms with van der Waals surface area (Å²) in [4.78, 5) is 25.9. The number of phenolic OH excluding ortho intramolecular Hbond substituents is 1. The van der Waals surface area contributed by atoms with Crippen LogP contribution in [0.5, 0.6) is 11.5 Å². The van der Waals surface area contributed by atoms with Gasteiger partial charge in [0.2, 0.25) is 0 Å². The van der Waals surface area contributed by atoms with Crippen molar-refractivity contribution < 1.29 is 50.5 Å². The van der Waals surface area contributed by atoms with E-state index in [0.29, 0.717) is 31.7 Å². The summed E-state index contributed by atoms with van der Waals surface area (Å²) in [5.41, 5.74) is -0.0876. The van der Waals surface area contributed by atoms with Crippen LogP contribution in [0.25, 0.3) is 11.1 Å². The molecule has 1 aliphatic heterocycles. The third kappa shape index (κ3) is 7.78. The lowest BCUT2D eigenvalue weighted by molar-refractivity contribution is -0.189. The Kier molecular flexibility index (Phi) is 9.70. The minimum absolute atomic E-state index is 0.0612. The number of nitrogens with one attached hydrogen (secondary N) is 1. The van der Waals surface area contributed by atoms with E-state index in [1.165, 1.54) is 12.1 Å². The quantitative estimate of drug-likeness (QED) is 0.197. The number of rotatable bonds is 10. The summed E-state index contributed by atoms with van der Waals surface area (Å²) in [6.45, 7) is 3.15. The maximum atomic E-state index is 13.2. The minimum Gasteiger partial charge on any atom is -0.506 e. The van der Waals surface area contributed by atoms with Crippen molar-refractivity contribution in [1.29, 1.82) is 0 Å². The molecule has 10 nitrogen and oxygen atoms in total. The molecule has 1 heterocycles. The van der Waals surface area contributed by atoms with Crippen LogP contribution in [0.2, 0.25) is 0 Å². The number of aromatic hydroxyl groups is 1. The Morgan fingerprint density at radius 3 is 2.40 bits per heavy atom. The fraction of sp³-hybridized carbons (Fsp3) is 0.286. The van der Waals surface area contributed by atoms with Crippen molar-refractivity contribution in [3.8, 4) is 22.6 Å². The second-order valence-corrected chi connectivity index (χ2v) is 10.8. The fourth-order valence-corrected chi connectivity index (χ4v) is 5.32. The first-order chi connectivity index (χ1) is 20.0. The van der Waals surface area contributed by atoms with E-state index in [1.54, 1.807) is 30.3 Å². The minimum atomic E-state index is -5.39. The van der Waals surface area contributed by atoms with Crippen molar-refractivity contribution in [3.05, 3.63) is 72.3 Å². The van der Waals surface area contributed by atoms with Crippen LogP contribution in [-0.2, 0) is 24.3 Å². The highest BCUT2D eigenvalue weighted by molar-refractivity contribution is 7.92. The smallest absolute Gasteiger partial charge is 0.491 e. The number of ether oxygens (including phenoxy) is 3. The zero-order valence-electron chi connectivity index (χ0n) is 22.1. The van der Waals surface area contributed by atoms with Crippen molar-refractivity contribution in [2.24, 2.45) is 0 Å². The number of anilines is 1. The van der Waals surface area contributed by atoms with Gasteiger partial charge in [0.1, 0.15) is 22.0 Å². The van der Waals surface area contributed by atoms with Crippen LogP contribution < -0.4 is 9.46 Å². The van der Waals surface area contributed by atoms with Crippen molar-refractivity contribution in [2.45, 2.75) is 17.5 Å². The molecule has 0 aromatic heterocycles. The molecule has 0 spiro atoms. The van der Waals surface area contributed by atoms with Crippen molar-refractivity contribution >= 4 is 27.6 Å². The molecular formula is C28H27F3N2O8S. The Morgan fingerprint density at radius 1 is 1.00 bits per heavy atom. The molecule has 0 aliphatic carbocycles. The van der Waals surface area contributed by atoms with Gasteiger partial charge in [0.05, 0.1) is 25.5 Å². The van der Waals surface area contributed by atoms with Crippen molar-refractivity contribution in [1.82, 2.24) is 4.90 Å². The predicted octanol–water partition coefficient (Wildman–Crippen LogP) is 4.21. The highest BCUT2D eigenvalue weighted by atomic mass is 32.2. The molecular weight excluding hydrogens is 581 g/mol. The van der Waals surface area contributed by atoms with Gasteiger partial charge in [-0.25, -0.2) is 18.0 Å². The molecule has 1 aliphatic rings. The fourth-order valence-electron chi connectivity index (χ4n) is 4.15. The Labute approximate surface area is 239 Å². The van der Waals surface area contributed by atoms with Gasteiger partial charge in [0.15, 0.2) is 0 Å². The zero-order chi connectivity index (χ0) is 30.3. The first-order valence-electron chi connectivity index (χ1n) is 12.8. The number of morpholine rings is 1. The molecule has 1 saturated heterocycles. The molecule has 1 fully saturated rings. The summed E-state index contributed by atoms with van der Waals surface area (Å²) in [5, 5.41) is 10.7. The number of carbonyl (C=O) groups excluding carboxylic acids is 2. The van der Waals surface area contributed by atoms with Crippen LogP contribution in [0.15, 0.2) is 71.6 Å². The van der Waals surface area contributed by atoms with Crippen molar-refractivity contribution in [2.75, 3.05) is 44.2 Å².